The van der Waals surface area contributed by atoms with Crippen molar-refractivity contribution in [2.24, 2.45) is 7.05 Å². The van der Waals surface area contributed by atoms with Crippen LogP contribution in [0.25, 0.3) is 11.3 Å². The molecular weight excluding hydrogens is 368 g/mol. The van der Waals surface area contributed by atoms with Gasteiger partial charge in [-0.2, -0.15) is 5.10 Å². The van der Waals surface area contributed by atoms with Crippen LogP contribution in [0.5, 0.6) is 11.5 Å². The zero-order valence-corrected chi connectivity index (χ0v) is 16.1. The van der Waals surface area contributed by atoms with Gasteiger partial charge in [-0.1, -0.05) is 0 Å². The lowest BCUT2D eigenvalue weighted by Crippen LogP contribution is -2.21. The van der Waals surface area contributed by atoms with Crippen molar-refractivity contribution in [2.45, 2.75) is 13.0 Å². The highest BCUT2D eigenvalue weighted by Gasteiger charge is 2.18. The standard InChI is InChI=1S/C19H21F2N5O2/c1-25(11-13-7-8-22-26(13)2)19-23-14(10-15(24-19)18(20)21)12-5-6-16(27-3)17(9-12)28-4/h5-10,18H,11H2,1-4H3. The Morgan fingerprint density at radius 2 is 1.82 bits per heavy atom. The van der Waals surface area contributed by atoms with Crippen molar-refractivity contribution in [1.29, 1.82) is 0 Å². The predicted octanol–water partition coefficient (Wildman–Crippen LogP) is 3.47. The van der Waals surface area contributed by atoms with Gasteiger partial charge in [-0.3, -0.25) is 4.68 Å². The summed E-state index contributed by atoms with van der Waals surface area (Å²) in [6, 6.07) is 8.28. The normalized spacial score (nSPS) is 11.0. The Balaban J connectivity index is 2.01. The van der Waals surface area contributed by atoms with Gasteiger partial charge in [0.15, 0.2) is 11.5 Å². The summed E-state index contributed by atoms with van der Waals surface area (Å²) in [6.07, 6.45) is -1.04. The van der Waals surface area contributed by atoms with Gasteiger partial charge < -0.3 is 14.4 Å². The quantitative estimate of drug-likeness (QED) is 0.617. The van der Waals surface area contributed by atoms with Crippen LogP contribution in [0, 0.1) is 0 Å². The van der Waals surface area contributed by atoms with Crippen LogP contribution >= 0.6 is 0 Å². The molecule has 0 unspecified atom stereocenters. The minimum atomic E-state index is -2.72. The van der Waals surface area contributed by atoms with Crippen LogP contribution < -0.4 is 14.4 Å². The number of aromatic nitrogens is 4. The Bertz CT molecular complexity index is 961. The van der Waals surface area contributed by atoms with Crippen molar-refractivity contribution in [3.05, 3.63) is 47.9 Å². The topological polar surface area (TPSA) is 65.3 Å². The maximum absolute atomic E-state index is 13.4. The van der Waals surface area contributed by atoms with Crippen LogP contribution in [0.1, 0.15) is 17.8 Å². The second-order valence-electron chi connectivity index (χ2n) is 6.15. The molecule has 2 aromatic heterocycles. The van der Waals surface area contributed by atoms with Gasteiger partial charge in [0, 0.05) is 25.9 Å². The molecule has 0 radical (unpaired) electrons. The summed E-state index contributed by atoms with van der Waals surface area (Å²) in [4.78, 5) is 10.2. The van der Waals surface area contributed by atoms with Crippen molar-refractivity contribution in [3.8, 4) is 22.8 Å². The molecule has 0 saturated carbocycles. The van der Waals surface area contributed by atoms with Gasteiger partial charge in [0.2, 0.25) is 5.95 Å². The van der Waals surface area contributed by atoms with Crippen molar-refractivity contribution in [3.63, 3.8) is 0 Å². The molecule has 0 aliphatic heterocycles. The third-order valence-electron chi connectivity index (χ3n) is 4.30. The van der Waals surface area contributed by atoms with Crippen molar-refractivity contribution in [2.75, 3.05) is 26.2 Å². The van der Waals surface area contributed by atoms with Crippen LogP contribution in [0.2, 0.25) is 0 Å². The molecule has 3 rings (SSSR count). The van der Waals surface area contributed by atoms with E-state index in [1.54, 1.807) is 41.0 Å². The molecule has 0 aliphatic rings. The first-order chi connectivity index (χ1) is 13.4. The van der Waals surface area contributed by atoms with Crippen LogP contribution in [-0.4, -0.2) is 41.0 Å². The van der Waals surface area contributed by atoms with Gasteiger partial charge in [0.05, 0.1) is 32.2 Å². The van der Waals surface area contributed by atoms with E-state index < -0.39 is 6.43 Å². The van der Waals surface area contributed by atoms with E-state index in [1.807, 2.05) is 13.1 Å². The number of alkyl halides is 2. The molecule has 148 valence electrons. The summed E-state index contributed by atoms with van der Waals surface area (Å²) in [7, 11) is 6.60. The molecule has 2 heterocycles. The molecule has 0 saturated heterocycles. The number of ether oxygens (including phenoxy) is 2. The first-order valence-electron chi connectivity index (χ1n) is 8.50. The lowest BCUT2D eigenvalue weighted by Gasteiger charge is -2.19. The van der Waals surface area contributed by atoms with Gasteiger partial charge >= 0.3 is 0 Å². The SMILES string of the molecule is COc1ccc(-c2cc(C(F)F)nc(N(C)Cc3ccnn3C)n2)cc1OC. The fourth-order valence-corrected chi connectivity index (χ4v) is 2.75. The maximum Gasteiger partial charge on any atom is 0.280 e. The zero-order chi connectivity index (χ0) is 20.3. The number of nitrogens with zero attached hydrogens (tertiary/aromatic N) is 5. The third-order valence-corrected chi connectivity index (χ3v) is 4.30. The van der Waals surface area contributed by atoms with Gasteiger partial charge in [-0.25, -0.2) is 18.7 Å². The molecule has 0 atom stereocenters. The Hall–Kier alpha value is -3.23. The number of methoxy groups -OCH3 is 2. The highest BCUT2D eigenvalue weighted by atomic mass is 19.3. The number of anilines is 1. The third kappa shape index (κ3) is 4.03. The van der Waals surface area contributed by atoms with Gasteiger partial charge in [-0.05, 0) is 30.3 Å². The second kappa shape index (κ2) is 8.20. The summed E-state index contributed by atoms with van der Waals surface area (Å²) in [5, 5.41) is 4.11. The molecule has 9 heteroatoms. The molecule has 0 spiro atoms. The minimum absolute atomic E-state index is 0.198. The van der Waals surface area contributed by atoms with Gasteiger partial charge in [-0.15, -0.1) is 0 Å². The van der Waals surface area contributed by atoms with E-state index in [9.17, 15) is 8.78 Å². The average Bonchev–Trinajstić information content (AvgIpc) is 3.11. The van der Waals surface area contributed by atoms with Crippen LogP contribution in [0.15, 0.2) is 36.5 Å². The van der Waals surface area contributed by atoms with E-state index in [0.717, 1.165) is 5.69 Å². The highest BCUT2D eigenvalue weighted by molar-refractivity contribution is 5.65. The predicted molar refractivity (Wildman–Crippen MR) is 101 cm³/mol. The number of rotatable bonds is 7. The fourth-order valence-electron chi connectivity index (χ4n) is 2.75. The molecule has 1 aromatic carbocycles. The molecule has 0 amide bonds. The fraction of sp³-hybridized carbons (Fsp3) is 0.316. The van der Waals surface area contributed by atoms with E-state index in [1.165, 1.54) is 20.3 Å². The minimum Gasteiger partial charge on any atom is -0.493 e. The van der Waals surface area contributed by atoms with E-state index in [0.29, 0.717) is 29.3 Å². The van der Waals surface area contributed by atoms with Crippen molar-refractivity contribution >= 4 is 5.95 Å². The summed E-state index contributed by atoms with van der Waals surface area (Å²) >= 11 is 0. The molecule has 0 N–H and O–H groups in total. The Morgan fingerprint density at radius 3 is 2.43 bits per heavy atom. The summed E-state index contributed by atoms with van der Waals surface area (Å²) < 4.78 is 39.1. The number of hydrogen-bond acceptors (Lipinski definition) is 6. The Kier molecular flexibility index (Phi) is 5.72. The molecule has 28 heavy (non-hydrogen) atoms. The van der Waals surface area contributed by atoms with E-state index in [2.05, 4.69) is 15.1 Å². The largest absolute Gasteiger partial charge is 0.493 e. The monoisotopic (exact) mass is 389 g/mol. The van der Waals surface area contributed by atoms with Crippen LogP contribution in [-0.2, 0) is 13.6 Å². The zero-order valence-electron chi connectivity index (χ0n) is 16.1. The molecule has 7 nitrogen and oxygen atoms in total. The first kappa shape index (κ1) is 19.5. The van der Waals surface area contributed by atoms with Crippen LogP contribution in [0.3, 0.4) is 0 Å². The molecule has 0 fully saturated rings. The number of benzene rings is 1. The number of hydrogen-bond donors (Lipinski definition) is 0. The van der Waals surface area contributed by atoms with E-state index >= 15 is 0 Å². The van der Waals surface area contributed by atoms with Crippen molar-refractivity contribution in [1.82, 2.24) is 19.7 Å². The van der Waals surface area contributed by atoms with E-state index in [-0.39, 0.29) is 11.6 Å². The summed E-state index contributed by atoms with van der Waals surface area (Å²) in [5.74, 6) is 1.23. The lowest BCUT2D eigenvalue weighted by molar-refractivity contribution is 0.146. The smallest absolute Gasteiger partial charge is 0.280 e. The van der Waals surface area contributed by atoms with Gasteiger partial charge in [0.25, 0.3) is 6.43 Å². The lowest BCUT2D eigenvalue weighted by atomic mass is 10.1. The second-order valence-corrected chi connectivity index (χ2v) is 6.15. The molecular formula is C19H21F2N5O2. The number of halogens is 2. The van der Waals surface area contributed by atoms with E-state index in [4.69, 9.17) is 9.47 Å². The Morgan fingerprint density at radius 1 is 1.07 bits per heavy atom. The summed E-state index contributed by atoms with van der Waals surface area (Å²) in [5.41, 5.74) is 1.56. The van der Waals surface area contributed by atoms with Crippen LogP contribution in [0.4, 0.5) is 14.7 Å². The first-order valence-corrected chi connectivity index (χ1v) is 8.50. The van der Waals surface area contributed by atoms with Crippen molar-refractivity contribution < 1.29 is 18.3 Å². The Labute approximate surface area is 161 Å². The molecule has 3 aromatic rings. The summed E-state index contributed by atoms with van der Waals surface area (Å²) in [6.45, 7) is 0.425. The molecule has 0 bridgehead atoms. The van der Waals surface area contributed by atoms with Gasteiger partial charge in [0.1, 0.15) is 5.69 Å². The molecule has 0 aliphatic carbocycles. The highest BCUT2D eigenvalue weighted by Crippen LogP contribution is 2.33. The maximum atomic E-state index is 13.4. The average molecular weight is 389 g/mol. The number of aryl methyl sites for hydroxylation is 1.